The summed E-state index contributed by atoms with van der Waals surface area (Å²) in [5.41, 5.74) is 0. The maximum Gasteiger partial charge on any atom is -0.0417 e. The molecule has 0 aliphatic rings. The standard InChI is InChI=1S/C17H36/c1-6-8-9-13-16(4)17(5)14-11-10-12-15(3)7-2/h15-17H,6-14H2,1-5H3. The quantitative estimate of drug-likeness (QED) is 0.364. The van der Waals surface area contributed by atoms with E-state index in [9.17, 15) is 0 Å². The molecular weight excluding hydrogens is 204 g/mol. The van der Waals surface area contributed by atoms with Gasteiger partial charge in [0.25, 0.3) is 0 Å². The van der Waals surface area contributed by atoms with Gasteiger partial charge in [-0.3, -0.25) is 0 Å². The van der Waals surface area contributed by atoms with Crippen molar-refractivity contribution in [1.82, 2.24) is 0 Å². The smallest absolute Gasteiger partial charge is 0.0417 e. The van der Waals surface area contributed by atoms with Crippen molar-refractivity contribution >= 4 is 0 Å². The van der Waals surface area contributed by atoms with E-state index in [0.29, 0.717) is 0 Å². The summed E-state index contributed by atoms with van der Waals surface area (Å²) in [5.74, 6) is 2.81. The number of unbranched alkanes of at least 4 members (excludes halogenated alkanes) is 3. The first-order chi connectivity index (χ1) is 8.11. The fourth-order valence-corrected chi connectivity index (χ4v) is 2.45. The first kappa shape index (κ1) is 17.0. The first-order valence-corrected chi connectivity index (χ1v) is 8.11. The Bertz CT molecular complexity index is 150. The highest BCUT2D eigenvalue weighted by atomic mass is 14.2. The van der Waals surface area contributed by atoms with Crippen molar-refractivity contribution in [2.45, 2.75) is 92.4 Å². The van der Waals surface area contributed by atoms with Crippen molar-refractivity contribution in [2.75, 3.05) is 0 Å². The molecule has 0 spiro atoms. The van der Waals surface area contributed by atoms with E-state index in [-0.39, 0.29) is 0 Å². The summed E-state index contributed by atoms with van der Waals surface area (Å²) in [7, 11) is 0. The van der Waals surface area contributed by atoms with Crippen LogP contribution >= 0.6 is 0 Å². The molecule has 0 rings (SSSR count). The minimum atomic E-state index is 0.934. The third-order valence-electron chi connectivity index (χ3n) is 4.54. The van der Waals surface area contributed by atoms with Gasteiger partial charge in [0.05, 0.1) is 0 Å². The Morgan fingerprint density at radius 3 is 1.59 bits per heavy atom. The van der Waals surface area contributed by atoms with Crippen molar-refractivity contribution in [1.29, 1.82) is 0 Å². The summed E-state index contributed by atoms with van der Waals surface area (Å²) in [5, 5.41) is 0. The lowest BCUT2D eigenvalue weighted by Gasteiger charge is -2.20. The van der Waals surface area contributed by atoms with E-state index < -0.39 is 0 Å². The maximum absolute atomic E-state index is 2.46. The molecular formula is C17H36. The fourth-order valence-electron chi connectivity index (χ4n) is 2.45. The van der Waals surface area contributed by atoms with Crippen LogP contribution in [0.25, 0.3) is 0 Å². The molecule has 0 saturated carbocycles. The van der Waals surface area contributed by atoms with Crippen molar-refractivity contribution in [3.63, 3.8) is 0 Å². The van der Waals surface area contributed by atoms with Crippen molar-refractivity contribution in [2.24, 2.45) is 17.8 Å². The Balaban J connectivity index is 3.46. The van der Waals surface area contributed by atoms with Gasteiger partial charge in [0.2, 0.25) is 0 Å². The lowest BCUT2D eigenvalue weighted by atomic mass is 9.86. The average molecular weight is 240 g/mol. The van der Waals surface area contributed by atoms with Gasteiger partial charge in [-0.15, -0.1) is 0 Å². The Labute approximate surface area is 111 Å². The summed E-state index contributed by atoms with van der Waals surface area (Å²) >= 11 is 0. The molecule has 0 heterocycles. The molecule has 0 fully saturated rings. The van der Waals surface area contributed by atoms with Crippen LogP contribution in [0.3, 0.4) is 0 Å². The van der Waals surface area contributed by atoms with Crippen LogP contribution in [0.5, 0.6) is 0 Å². The molecule has 0 radical (unpaired) electrons. The zero-order valence-corrected chi connectivity index (χ0v) is 13.1. The molecule has 104 valence electrons. The van der Waals surface area contributed by atoms with E-state index in [1.807, 2.05) is 0 Å². The molecule has 3 unspecified atom stereocenters. The van der Waals surface area contributed by atoms with Crippen molar-refractivity contribution in [3.8, 4) is 0 Å². The zero-order valence-electron chi connectivity index (χ0n) is 13.1. The van der Waals surface area contributed by atoms with Gasteiger partial charge < -0.3 is 0 Å². The highest BCUT2D eigenvalue weighted by Crippen LogP contribution is 2.24. The van der Waals surface area contributed by atoms with Crippen LogP contribution < -0.4 is 0 Å². The highest BCUT2D eigenvalue weighted by molar-refractivity contribution is 4.63. The fraction of sp³-hybridized carbons (Fsp3) is 1.00. The maximum atomic E-state index is 2.46. The highest BCUT2D eigenvalue weighted by Gasteiger charge is 2.11. The Kier molecular flexibility index (Phi) is 11.1. The molecule has 0 aromatic heterocycles. The predicted molar refractivity (Wildman–Crippen MR) is 80.4 cm³/mol. The van der Waals surface area contributed by atoms with Gasteiger partial charge in [0.1, 0.15) is 0 Å². The molecule has 0 saturated heterocycles. The van der Waals surface area contributed by atoms with Crippen molar-refractivity contribution in [3.05, 3.63) is 0 Å². The van der Waals surface area contributed by atoms with Crippen LogP contribution in [-0.4, -0.2) is 0 Å². The van der Waals surface area contributed by atoms with Gasteiger partial charge in [-0.2, -0.15) is 0 Å². The molecule has 0 bridgehead atoms. The molecule has 0 aromatic carbocycles. The van der Waals surface area contributed by atoms with Gasteiger partial charge >= 0.3 is 0 Å². The third-order valence-corrected chi connectivity index (χ3v) is 4.54. The van der Waals surface area contributed by atoms with Gasteiger partial charge in [-0.1, -0.05) is 92.4 Å². The molecule has 3 atom stereocenters. The molecule has 0 nitrogen and oxygen atoms in total. The van der Waals surface area contributed by atoms with E-state index in [1.54, 1.807) is 0 Å². The second-order valence-corrected chi connectivity index (χ2v) is 6.25. The van der Waals surface area contributed by atoms with Crippen LogP contribution in [0.4, 0.5) is 0 Å². The Morgan fingerprint density at radius 2 is 1.12 bits per heavy atom. The molecule has 0 amide bonds. The predicted octanol–water partition coefficient (Wildman–Crippen LogP) is 6.45. The summed E-state index contributed by atoms with van der Waals surface area (Å²) < 4.78 is 0. The lowest BCUT2D eigenvalue weighted by molar-refractivity contribution is 0.320. The second-order valence-electron chi connectivity index (χ2n) is 6.25. The van der Waals surface area contributed by atoms with Crippen LogP contribution in [-0.2, 0) is 0 Å². The van der Waals surface area contributed by atoms with Crippen LogP contribution in [0, 0.1) is 17.8 Å². The molecule has 0 N–H and O–H groups in total. The molecule has 0 heteroatoms. The molecule has 0 aliphatic carbocycles. The zero-order chi connectivity index (χ0) is 13.1. The van der Waals surface area contributed by atoms with E-state index in [1.165, 1.54) is 57.8 Å². The van der Waals surface area contributed by atoms with Crippen LogP contribution in [0.15, 0.2) is 0 Å². The van der Waals surface area contributed by atoms with Gasteiger partial charge in [-0.05, 0) is 17.8 Å². The molecule has 0 aromatic rings. The monoisotopic (exact) mass is 240 g/mol. The Morgan fingerprint density at radius 1 is 0.647 bits per heavy atom. The van der Waals surface area contributed by atoms with E-state index in [0.717, 1.165) is 17.8 Å². The summed E-state index contributed by atoms with van der Waals surface area (Å²) in [6.45, 7) is 11.9. The summed E-state index contributed by atoms with van der Waals surface area (Å²) in [6.07, 6.45) is 12.8. The SMILES string of the molecule is CCCCCC(C)C(C)CCCCC(C)CC. The van der Waals surface area contributed by atoms with E-state index >= 15 is 0 Å². The van der Waals surface area contributed by atoms with Crippen molar-refractivity contribution < 1.29 is 0 Å². The Hall–Kier alpha value is 0. The third kappa shape index (κ3) is 9.68. The summed E-state index contributed by atoms with van der Waals surface area (Å²) in [6, 6.07) is 0. The van der Waals surface area contributed by atoms with Crippen LogP contribution in [0.2, 0.25) is 0 Å². The number of hydrogen-bond donors (Lipinski definition) is 0. The average Bonchev–Trinajstić information content (AvgIpc) is 2.34. The lowest BCUT2D eigenvalue weighted by Crippen LogP contribution is -2.08. The molecule has 0 aliphatic heterocycles. The van der Waals surface area contributed by atoms with E-state index in [2.05, 4.69) is 34.6 Å². The number of rotatable bonds is 11. The largest absolute Gasteiger partial charge is 0.0654 e. The number of hydrogen-bond acceptors (Lipinski definition) is 0. The van der Waals surface area contributed by atoms with E-state index in [4.69, 9.17) is 0 Å². The van der Waals surface area contributed by atoms with Crippen LogP contribution in [0.1, 0.15) is 92.4 Å². The van der Waals surface area contributed by atoms with Gasteiger partial charge in [-0.25, -0.2) is 0 Å². The second kappa shape index (κ2) is 11.1. The van der Waals surface area contributed by atoms with Gasteiger partial charge in [0, 0.05) is 0 Å². The normalized spacial score (nSPS) is 16.8. The first-order valence-electron chi connectivity index (χ1n) is 8.11. The molecule has 17 heavy (non-hydrogen) atoms. The minimum Gasteiger partial charge on any atom is -0.0654 e. The van der Waals surface area contributed by atoms with Gasteiger partial charge in [0.15, 0.2) is 0 Å². The minimum absolute atomic E-state index is 0.934. The summed E-state index contributed by atoms with van der Waals surface area (Å²) in [4.78, 5) is 0. The topological polar surface area (TPSA) is 0 Å².